The summed E-state index contributed by atoms with van der Waals surface area (Å²) in [5, 5.41) is 0. The summed E-state index contributed by atoms with van der Waals surface area (Å²) < 4.78 is 0. The van der Waals surface area contributed by atoms with E-state index < -0.39 is 0 Å². The van der Waals surface area contributed by atoms with Crippen molar-refractivity contribution in [2.45, 2.75) is 27.2 Å². The lowest BCUT2D eigenvalue weighted by Crippen LogP contribution is -2.49. The maximum Gasteiger partial charge on any atom is 0.223 e. The first-order chi connectivity index (χ1) is 9.52. The molecule has 1 heterocycles. The highest BCUT2D eigenvalue weighted by molar-refractivity contribution is 5.76. The molecule has 0 spiro atoms. The van der Waals surface area contributed by atoms with Gasteiger partial charge in [-0.25, -0.2) is 0 Å². The molecule has 110 valence electrons. The number of nitrogens with zero attached hydrogens (tertiary/aromatic N) is 2. The molecule has 2 rings (SSSR count). The Labute approximate surface area is 121 Å². The molecule has 0 radical (unpaired) electrons. The summed E-state index contributed by atoms with van der Waals surface area (Å²) >= 11 is 0. The van der Waals surface area contributed by atoms with Crippen molar-refractivity contribution < 1.29 is 4.79 Å². The number of hydrogen-bond donors (Lipinski definition) is 1. The van der Waals surface area contributed by atoms with Crippen molar-refractivity contribution >= 4 is 11.6 Å². The van der Waals surface area contributed by atoms with Gasteiger partial charge in [0.15, 0.2) is 0 Å². The molecule has 1 aliphatic heterocycles. The number of anilines is 1. The van der Waals surface area contributed by atoms with Gasteiger partial charge in [-0.15, -0.1) is 0 Å². The van der Waals surface area contributed by atoms with E-state index in [-0.39, 0.29) is 5.91 Å². The van der Waals surface area contributed by atoms with Crippen LogP contribution in [0.1, 0.15) is 23.1 Å². The van der Waals surface area contributed by atoms with Gasteiger partial charge in [0.1, 0.15) is 0 Å². The van der Waals surface area contributed by atoms with Crippen LogP contribution in [0.25, 0.3) is 0 Å². The van der Waals surface area contributed by atoms with Crippen LogP contribution in [0.4, 0.5) is 5.69 Å². The molecule has 0 aliphatic carbocycles. The quantitative estimate of drug-likeness (QED) is 0.912. The molecule has 1 fully saturated rings. The monoisotopic (exact) mass is 275 g/mol. The number of piperazine rings is 1. The van der Waals surface area contributed by atoms with Crippen molar-refractivity contribution in [1.82, 2.24) is 4.90 Å². The van der Waals surface area contributed by atoms with Crippen LogP contribution in [0.5, 0.6) is 0 Å². The average Bonchev–Trinajstić information content (AvgIpc) is 2.38. The Morgan fingerprint density at radius 3 is 2.15 bits per heavy atom. The molecule has 2 N–H and O–H groups in total. The second-order valence-electron chi connectivity index (χ2n) is 5.65. The van der Waals surface area contributed by atoms with Crippen molar-refractivity contribution in [1.29, 1.82) is 0 Å². The minimum Gasteiger partial charge on any atom is -0.368 e. The fraction of sp³-hybridized carbons (Fsp3) is 0.562. The van der Waals surface area contributed by atoms with E-state index in [1.165, 1.54) is 22.4 Å². The minimum absolute atomic E-state index is 0.185. The third-order valence-electron chi connectivity index (χ3n) is 3.94. The Hall–Kier alpha value is -1.55. The molecular formula is C16H25N3O. The first-order valence-electron chi connectivity index (χ1n) is 7.33. The summed E-state index contributed by atoms with van der Waals surface area (Å²) in [5.41, 5.74) is 10.7. The lowest BCUT2D eigenvalue weighted by Gasteiger charge is -2.37. The van der Waals surface area contributed by atoms with E-state index in [1.54, 1.807) is 0 Å². The minimum atomic E-state index is 0.185. The zero-order valence-corrected chi connectivity index (χ0v) is 12.8. The fourth-order valence-electron chi connectivity index (χ4n) is 3.13. The summed E-state index contributed by atoms with van der Waals surface area (Å²) in [5.74, 6) is 0.185. The number of carbonyl (C=O) groups is 1. The Balaban J connectivity index is 2.06. The third kappa shape index (κ3) is 3.12. The van der Waals surface area contributed by atoms with Crippen LogP contribution in [-0.4, -0.2) is 43.5 Å². The molecule has 4 heteroatoms. The summed E-state index contributed by atoms with van der Waals surface area (Å²) in [4.78, 5) is 16.2. The molecule has 1 aliphatic rings. The van der Waals surface area contributed by atoms with E-state index in [9.17, 15) is 4.79 Å². The van der Waals surface area contributed by atoms with Gasteiger partial charge in [0.25, 0.3) is 0 Å². The second-order valence-corrected chi connectivity index (χ2v) is 5.65. The predicted octanol–water partition coefficient (Wildman–Crippen LogP) is 1.61. The molecule has 1 saturated heterocycles. The Kier molecular flexibility index (Phi) is 4.65. The van der Waals surface area contributed by atoms with Crippen molar-refractivity contribution in [2.24, 2.45) is 5.73 Å². The van der Waals surface area contributed by atoms with Gasteiger partial charge in [0.05, 0.1) is 0 Å². The van der Waals surface area contributed by atoms with E-state index in [0.29, 0.717) is 13.0 Å². The molecule has 0 saturated carbocycles. The number of benzene rings is 1. The maximum absolute atomic E-state index is 11.8. The van der Waals surface area contributed by atoms with E-state index in [2.05, 4.69) is 37.8 Å². The summed E-state index contributed by atoms with van der Waals surface area (Å²) in [6.45, 7) is 10.3. The number of amides is 1. The number of nitrogens with two attached hydrogens (primary N) is 1. The normalized spacial score (nSPS) is 15.6. The second kappa shape index (κ2) is 6.27. The third-order valence-corrected chi connectivity index (χ3v) is 3.94. The van der Waals surface area contributed by atoms with Crippen molar-refractivity contribution in [2.75, 3.05) is 37.6 Å². The van der Waals surface area contributed by atoms with Crippen LogP contribution >= 0.6 is 0 Å². The molecule has 1 amide bonds. The first-order valence-corrected chi connectivity index (χ1v) is 7.33. The molecule has 0 aromatic heterocycles. The van der Waals surface area contributed by atoms with Gasteiger partial charge in [0.2, 0.25) is 5.91 Å². The van der Waals surface area contributed by atoms with Gasteiger partial charge < -0.3 is 15.5 Å². The van der Waals surface area contributed by atoms with Gasteiger partial charge in [0, 0.05) is 44.8 Å². The highest BCUT2D eigenvalue weighted by Gasteiger charge is 2.22. The van der Waals surface area contributed by atoms with Crippen LogP contribution in [0.15, 0.2) is 12.1 Å². The summed E-state index contributed by atoms with van der Waals surface area (Å²) in [6.07, 6.45) is 0.461. The lowest BCUT2D eigenvalue weighted by atomic mass is 10.0. The summed E-state index contributed by atoms with van der Waals surface area (Å²) in [7, 11) is 0. The van der Waals surface area contributed by atoms with Gasteiger partial charge in [-0.3, -0.25) is 4.79 Å². The molecule has 1 aromatic rings. The van der Waals surface area contributed by atoms with Gasteiger partial charge in [-0.2, -0.15) is 0 Å². The zero-order valence-electron chi connectivity index (χ0n) is 12.8. The standard InChI is InChI=1S/C16H25N3O/c1-12-10-13(2)16(14(3)11-12)19-8-6-18(7-9-19)15(20)4-5-17/h10-11H,4-9,17H2,1-3H3. The van der Waals surface area contributed by atoms with Crippen molar-refractivity contribution in [3.05, 3.63) is 28.8 Å². The Morgan fingerprint density at radius 1 is 1.10 bits per heavy atom. The van der Waals surface area contributed by atoms with Crippen molar-refractivity contribution in [3.8, 4) is 0 Å². The molecule has 0 atom stereocenters. The van der Waals surface area contributed by atoms with E-state index in [0.717, 1.165) is 26.2 Å². The maximum atomic E-state index is 11.8. The first kappa shape index (κ1) is 14.9. The fourth-order valence-corrected chi connectivity index (χ4v) is 3.13. The average molecular weight is 275 g/mol. The molecule has 0 unspecified atom stereocenters. The molecule has 1 aromatic carbocycles. The Bertz CT molecular complexity index is 467. The molecular weight excluding hydrogens is 250 g/mol. The van der Waals surface area contributed by atoms with Crippen LogP contribution in [-0.2, 0) is 4.79 Å². The zero-order chi connectivity index (χ0) is 14.7. The number of carbonyl (C=O) groups excluding carboxylic acids is 1. The molecule has 20 heavy (non-hydrogen) atoms. The van der Waals surface area contributed by atoms with Crippen LogP contribution < -0.4 is 10.6 Å². The molecule has 0 bridgehead atoms. The number of hydrogen-bond acceptors (Lipinski definition) is 3. The van der Waals surface area contributed by atoms with Crippen LogP contribution in [0.3, 0.4) is 0 Å². The summed E-state index contributed by atoms with van der Waals surface area (Å²) in [6, 6.07) is 4.46. The lowest BCUT2D eigenvalue weighted by molar-refractivity contribution is -0.131. The number of aryl methyl sites for hydroxylation is 3. The van der Waals surface area contributed by atoms with Gasteiger partial charge in [-0.1, -0.05) is 17.7 Å². The van der Waals surface area contributed by atoms with Crippen LogP contribution in [0, 0.1) is 20.8 Å². The molecule has 4 nitrogen and oxygen atoms in total. The largest absolute Gasteiger partial charge is 0.368 e. The van der Waals surface area contributed by atoms with Crippen molar-refractivity contribution in [3.63, 3.8) is 0 Å². The van der Waals surface area contributed by atoms with E-state index in [1.807, 2.05) is 4.90 Å². The van der Waals surface area contributed by atoms with E-state index in [4.69, 9.17) is 5.73 Å². The van der Waals surface area contributed by atoms with E-state index >= 15 is 0 Å². The highest BCUT2D eigenvalue weighted by atomic mass is 16.2. The smallest absolute Gasteiger partial charge is 0.223 e. The number of rotatable bonds is 3. The van der Waals surface area contributed by atoms with Crippen LogP contribution in [0.2, 0.25) is 0 Å². The Morgan fingerprint density at radius 2 is 1.65 bits per heavy atom. The van der Waals surface area contributed by atoms with Gasteiger partial charge in [-0.05, 0) is 31.9 Å². The predicted molar refractivity (Wildman–Crippen MR) is 83.1 cm³/mol. The highest BCUT2D eigenvalue weighted by Crippen LogP contribution is 2.27. The topological polar surface area (TPSA) is 49.6 Å². The van der Waals surface area contributed by atoms with Gasteiger partial charge >= 0.3 is 0 Å². The SMILES string of the molecule is Cc1cc(C)c(N2CCN(C(=O)CCN)CC2)c(C)c1.